The van der Waals surface area contributed by atoms with Crippen LogP contribution >= 0.6 is 0 Å². The number of halogens is 2. The van der Waals surface area contributed by atoms with Crippen LogP contribution < -0.4 is 5.32 Å². The van der Waals surface area contributed by atoms with Crippen molar-refractivity contribution < 1.29 is 13.6 Å². The Balaban J connectivity index is 2.03. The molecule has 0 spiro atoms. The molecular formula is C18H17F2NO. The SMILES string of the molecule is CC(C)c1ccc(C(=O)/C=C/Nc2cc(F)ccc2F)cc1. The maximum absolute atomic E-state index is 13.4. The highest BCUT2D eigenvalue weighted by Crippen LogP contribution is 2.16. The molecule has 2 nitrogen and oxygen atoms in total. The third-order valence-corrected chi connectivity index (χ3v) is 3.26. The van der Waals surface area contributed by atoms with E-state index in [0.29, 0.717) is 11.5 Å². The monoisotopic (exact) mass is 301 g/mol. The van der Waals surface area contributed by atoms with Crippen molar-refractivity contribution in [3.63, 3.8) is 0 Å². The summed E-state index contributed by atoms with van der Waals surface area (Å²) in [5.41, 5.74) is 1.68. The second-order valence-corrected chi connectivity index (χ2v) is 5.24. The predicted molar refractivity (Wildman–Crippen MR) is 84.0 cm³/mol. The first-order chi connectivity index (χ1) is 10.5. The van der Waals surface area contributed by atoms with Crippen LogP contribution in [0.5, 0.6) is 0 Å². The molecule has 0 aliphatic carbocycles. The normalized spacial score (nSPS) is 11.1. The summed E-state index contributed by atoms with van der Waals surface area (Å²) >= 11 is 0. The lowest BCUT2D eigenvalue weighted by molar-refractivity contribution is 0.104. The van der Waals surface area contributed by atoms with Crippen LogP contribution in [0, 0.1) is 11.6 Å². The van der Waals surface area contributed by atoms with Crippen LogP contribution in [0.4, 0.5) is 14.5 Å². The van der Waals surface area contributed by atoms with E-state index in [4.69, 9.17) is 0 Å². The molecule has 2 aromatic rings. The molecule has 0 fully saturated rings. The molecule has 0 saturated carbocycles. The maximum Gasteiger partial charge on any atom is 0.187 e. The summed E-state index contributed by atoms with van der Waals surface area (Å²) in [6.45, 7) is 4.16. The van der Waals surface area contributed by atoms with Gasteiger partial charge in [-0.25, -0.2) is 8.78 Å². The summed E-state index contributed by atoms with van der Waals surface area (Å²) < 4.78 is 26.4. The first-order valence-electron chi connectivity index (χ1n) is 7.00. The smallest absolute Gasteiger partial charge is 0.187 e. The van der Waals surface area contributed by atoms with Crippen LogP contribution in [0.3, 0.4) is 0 Å². The lowest BCUT2D eigenvalue weighted by atomic mass is 10.0. The van der Waals surface area contributed by atoms with E-state index >= 15 is 0 Å². The summed E-state index contributed by atoms with van der Waals surface area (Å²) in [6.07, 6.45) is 2.59. The standard InChI is InChI=1S/C18H17F2NO/c1-12(2)13-3-5-14(6-4-13)18(22)9-10-21-17-11-15(19)7-8-16(17)20/h3-12,21H,1-2H3/b10-9+. The Bertz CT molecular complexity index is 691. The van der Waals surface area contributed by atoms with Gasteiger partial charge >= 0.3 is 0 Å². The number of hydrogen-bond acceptors (Lipinski definition) is 2. The maximum atomic E-state index is 13.4. The Labute approximate surface area is 128 Å². The number of rotatable bonds is 5. The van der Waals surface area contributed by atoms with Gasteiger partial charge in [0.15, 0.2) is 5.78 Å². The molecule has 0 saturated heterocycles. The van der Waals surface area contributed by atoms with Gasteiger partial charge in [-0.05, 0) is 23.6 Å². The molecule has 0 amide bonds. The Kier molecular flexibility index (Phi) is 5.04. The highest BCUT2D eigenvalue weighted by molar-refractivity contribution is 6.04. The van der Waals surface area contributed by atoms with Crippen LogP contribution in [0.2, 0.25) is 0 Å². The quantitative estimate of drug-likeness (QED) is 0.629. The first-order valence-corrected chi connectivity index (χ1v) is 7.00. The molecule has 0 bridgehead atoms. The molecule has 0 aliphatic heterocycles. The molecule has 0 aromatic heterocycles. The Morgan fingerprint density at radius 1 is 1.09 bits per heavy atom. The molecule has 0 atom stereocenters. The zero-order chi connectivity index (χ0) is 16.1. The predicted octanol–water partition coefficient (Wildman–Crippen LogP) is 4.90. The zero-order valence-corrected chi connectivity index (χ0v) is 12.4. The average molecular weight is 301 g/mol. The van der Waals surface area contributed by atoms with Gasteiger partial charge in [-0.15, -0.1) is 0 Å². The van der Waals surface area contributed by atoms with Crippen molar-refractivity contribution in [3.8, 4) is 0 Å². The highest BCUT2D eigenvalue weighted by Gasteiger charge is 2.04. The van der Waals surface area contributed by atoms with Gasteiger partial charge in [-0.3, -0.25) is 4.79 Å². The number of carbonyl (C=O) groups is 1. The topological polar surface area (TPSA) is 29.1 Å². The molecule has 0 heterocycles. The van der Waals surface area contributed by atoms with Crippen molar-refractivity contribution in [3.05, 3.63) is 77.5 Å². The number of ketones is 1. The highest BCUT2D eigenvalue weighted by atomic mass is 19.1. The van der Waals surface area contributed by atoms with Crippen LogP contribution in [0.25, 0.3) is 0 Å². The van der Waals surface area contributed by atoms with Crippen molar-refractivity contribution in [2.75, 3.05) is 5.32 Å². The van der Waals surface area contributed by atoms with E-state index in [1.165, 1.54) is 12.3 Å². The fourth-order valence-electron chi connectivity index (χ4n) is 1.94. The van der Waals surface area contributed by atoms with E-state index in [1.807, 2.05) is 12.1 Å². The lowest BCUT2D eigenvalue weighted by Gasteiger charge is -2.05. The summed E-state index contributed by atoms with van der Waals surface area (Å²) in [7, 11) is 0. The van der Waals surface area contributed by atoms with Crippen molar-refractivity contribution in [2.24, 2.45) is 0 Å². The van der Waals surface area contributed by atoms with Gasteiger partial charge in [-0.1, -0.05) is 38.1 Å². The third kappa shape index (κ3) is 4.01. The first kappa shape index (κ1) is 15.9. The van der Waals surface area contributed by atoms with Gasteiger partial charge < -0.3 is 5.32 Å². The fourth-order valence-corrected chi connectivity index (χ4v) is 1.94. The minimum Gasteiger partial charge on any atom is -0.359 e. The van der Waals surface area contributed by atoms with Crippen molar-refractivity contribution in [1.29, 1.82) is 0 Å². The number of hydrogen-bond donors (Lipinski definition) is 1. The lowest BCUT2D eigenvalue weighted by Crippen LogP contribution is -1.98. The molecule has 0 aliphatic rings. The summed E-state index contributed by atoms with van der Waals surface area (Å²) in [5.74, 6) is -0.940. The molecule has 4 heteroatoms. The molecule has 2 rings (SSSR count). The average Bonchev–Trinajstić information content (AvgIpc) is 2.50. The summed E-state index contributed by atoms with van der Waals surface area (Å²) in [5, 5.41) is 2.57. The van der Waals surface area contributed by atoms with Crippen molar-refractivity contribution >= 4 is 11.5 Å². The van der Waals surface area contributed by atoms with Crippen LogP contribution in [0.15, 0.2) is 54.7 Å². The van der Waals surface area contributed by atoms with Gasteiger partial charge in [0, 0.05) is 23.9 Å². The van der Waals surface area contributed by atoms with Crippen molar-refractivity contribution in [1.82, 2.24) is 0 Å². The molecular weight excluding hydrogens is 284 g/mol. The molecule has 0 unspecified atom stereocenters. The second-order valence-electron chi connectivity index (χ2n) is 5.24. The van der Waals surface area contributed by atoms with Gasteiger partial charge in [0.1, 0.15) is 11.6 Å². The number of carbonyl (C=O) groups excluding carboxylic acids is 1. The van der Waals surface area contributed by atoms with Gasteiger partial charge in [0.2, 0.25) is 0 Å². The Morgan fingerprint density at radius 2 is 1.77 bits per heavy atom. The number of anilines is 1. The van der Waals surface area contributed by atoms with Crippen LogP contribution in [-0.4, -0.2) is 5.78 Å². The van der Waals surface area contributed by atoms with Crippen LogP contribution in [0.1, 0.15) is 35.7 Å². The van der Waals surface area contributed by atoms with E-state index in [0.717, 1.165) is 23.8 Å². The zero-order valence-electron chi connectivity index (χ0n) is 12.4. The summed E-state index contributed by atoms with van der Waals surface area (Å²) in [6, 6.07) is 10.4. The van der Waals surface area contributed by atoms with E-state index < -0.39 is 11.6 Å². The molecule has 114 valence electrons. The number of nitrogens with one attached hydrogen (secondary N) is 1. The largest absolute Gasteiger partial charge is 0.359 e. The van der Waals surface area contributed by atoms with E-state index in [2.05, 4.69) is 19.2 Å². The molecule has 0 radical (unpaired) electrons. The number of benzene rings is 2. The van der Waals surface area contributed by atoms with E-state index in [1.54, 1.807) is 12.1 Å². The number of allylic oxidation sites excluding steroid dienone is 1. The van der Waals surface area contributed by atoms with Crippen molar-refractivity contribution in [2.45, 2.75) is 19.8 Å². The molecule has 22 heavy (non-hydrogen) atoms. The van der Waals surface area contributed by atoms with Gasteiger partial charge in [0.25, 0.3) is 0 Å². The third-order valence-electron chi connectivity index (χ3n) is 3.26. The molecule has 1 N–H and O–H groups in total. The fraction of sp³-hybridized carbons (Fsp3) is 0.167. The molecule has 2 aromatic carbocycles. The second kappa shape index (κ2) is 6.98. The van der Waals surface area contributed by atoms with E-state index in [-0.39, 0.29) is 11.5 Å². The van der Waals surface area contributed by atoms with Crippen LogP contribution in [-0.2, 0) is 0 Å². The summed E-state index contributed by atoms with van der Waals surface area (Å²) in [4.78, 5) is 12.0. The van der Waals surface area contributed by atoms with Gasteiger partial charge in [-0.2, -0.15) is 0 Å². The minimum absolute atomic E-state index is 0.0146. The Hall–Kier alpha value is -2.49. The van der Waals surface area contributed by atoms with Gasteiger partial charge in [0.05, 0.1) is 5.69 Å². The van der Waals surface area contributed by atoms with E-state index in [9.17, 15) is 13.6 Å². The minimum atomic E-state index is -0.584. The Morgan fingerprint density at radius 3 is 2.41 bits per heavy atom.